The molecule has 3 rings (SSSR count). The predicted molar refractivity (Wildman–Crippen MR) is 124 cm³/mol. The van der Waals surface area contributed by atoms with Gasteiger partial charge in [0.25, 0.3) is 11.7 Å². The Bertz CT molecular complexity index is 998. The number of carbonyl (C=O) groups is 2. The predicted octanol–water partition coefficient (Wildman–Crippen LogP) is 3.61. The standard InChI is InChI=1S/C25H30N2O5/c1-5-14-32-20-8-6-7-18(16-20)23(28)21-22(17-9-11-19(12-10-17)26(2)3)27(13-15-31-4)25(30)24(21)29/h6-12,16,22,28H,5,13-15H2,1-4H3/b23-21-. The number of amides is 1. The Hall–Kier alpha value is -3.32. The number of hydrogen-bond acceptors (Lipinski definition) is 6. The first-order valence-corrected chi connectivity index (χ1v) is 10.7. The van der Waals surface area contributed by atoms with Crippen LogP contribution in [0.2, 0.25) is 0 Å². The number of ketones is 1. The summed E-state index contributed by atoms with van der Waals surface area (Å²) in [6.45, 7) is 3.06. The van der Waals surface area contributed by atoms with Gasteiger partial charge in [-0.1, -0.05) is 31.2 Å². The number of carbonyl (C=O) groups excluding carboxylic acids is 2. The molecule has 1 aliphatic rings. The van der Waals surface area contributed by atoms with Crippen LogP contribution >= 0.6 is 0 Å². The Morgan fingerprint density at radius 3 is 2.44 bits per heavy atom. The molecule has 1 heterocycles. The van der Waals surface area contributed by atoms with Crippen LogP contribution in [0, 0.1) is 0 Å². The van der Waals surface area contributed by atoms with E-state index in [0.717, 1.165) is 17.7 Å². The highest BCUT2D eigenvalue weighted by Gasteiger charge is 2.45. The fourth-order valence-corrected chi connectivity index (χ4v) is 3.71. The van der Waals surface area contributed by atoms with Crippen molar-refractivity contribution in [1.29, 1.82) is 0 Å². The summed E-state index contributed by atoms with van der Waals surface area (Å²) in [5.74, 6) is -0.979. The molecule has 0 aliphatic carbocycles. The Kier molecular flexibility index (Phi) is 7.53. The van der Waals surface area contributed by atoms with Gasteiger partial charge in [-0.2, -0.15) is 0 Å². The van der Waals surface area contributed by atoms with Crippen LogP contribution in [0.1, 0.15) is 30.5 Å². The summed E-state index contributed by atoms with van der Waals surface area (Å²) in [7, 11) is 5.42. The number of aliphatic hydroxyl groups is 1. The van der Waals surface area contributed by atoms with Crippen molar-refractivity contribution >= 4 is 23.1 Å². The first-order chi connectivity index (χ1) is 15.4. The lowest BCUT2D eigenvalue weighted by molar-refractivity contribution is -0.140. The van der Waals surface area contributed by atoms with Crippen molar-refractivity contribution in [1.82, 2.24) is 4.90 Å². The molecule has 1 fully saturated rings. The summed E-state index contributed by atoms with van der Waals surface area (Å²) in [6, 6.07) is 13.8. The fourth-order valence-electron chi connectivity index (χ4n) is 3.71. The number of benzene rings is 2. The molecule has 7 heteroatoms. The van der Waals surface area contributed by atoms with E-state index >= 15 is 0 Å². The van der Waals surface area contributed by atoms with Gasteiger partial charge in [0.2, 0.25) is 0 Å². The molecule has 2 aromatic rings. The summed E-state index contributed by atoms with van der Waals surface area (Å²) in [6.07, 6.45) is 0.851. The van der Waals surface area contributed by atoms with Crippen LogP contribution in [0.15, 0.2) is 54.1 Å². The van der Waals surface area contributed by atoms with Crippen molar-refractivity contribution in [2.24, 2.45) is 0 Å². The number of anilines is 1. The highest BCUT2D eigenvalue weighted by Crippen LogP contribution is 2.40. The Balaban J connectivity index is 2.09. The Morgan fingerprint density at radius 1 is 1.09 bits per heavy atom. The van der Waals surface area contributed by atoms with Crippen LogP contribution in [0.3, 0.4) is 0 Å². The average molecular weight is 439 g/mol. The van der Waals surface area contributed by atoms with E-state index in [1.807, 2.05) is 50.2 Å². The SMILES string of the molecule is CCCOc1cccc(/C(O)=C2/C(=O)C(=O)N(CCOC)C2c2ccc(N(C)C)cc2)c1. The summed E-state index contributed by atoms with van der Waals surface area (Å²) in [4.78, 5) is 29.3. The molecule has 0 spiro atoms. The van der Waals surface area contributed by atoms with Crippen molar-refractivity contribution in [2.75, 3.05) is 45.9 Å². The Morgan fingerprint density at radius 2 is 1.81 bits per heavy atom. The van der Waals surface area contributed by atoms with Gasteiger partial charge in [-0.3, -0.25) is 9.59 Å². The van der Waals surface area contributed by atoms with E-state index in [-0.39, 0.29) is 24.5 Å². The molecule has 0 radical (unpaired) electrons. The van der Waals surface area contributed by atoms with Crippen LogP contribution in [-0.2, 0) is 14.3 Å². The highest BCUT2D eigenvalue weighted by atomic mass is 16.5. The van der Waals surface area contributed by atoms with Gasteiger partial charge in [-0.25, -0.2) is 0 Å². The van der Waals surface area contributed by atoms with E-state index in [4.69, 9.17) is 9.47 Å². The third-order valence-electron chi connectivity index (χ3n) is 5.38. The van der Waals surface area contributed by atoms with Gasteiger partial charge in [0.1, 0.15) is 11.5 Å². The Labute approximate surface area is 188 Å². The normalized spacial score (nSPS) is 17.6. The minimum atomic E-state index is -0.708. The molecular weight excluding hydrogens is 408 g/mol. The lowest BCUT2D eigenvalue weighted by atomic mass is 9.95. The van der Waals surface area contributed by atoms with E-state index in [0.29, 0.717) is 17.9 Å². The van der Waals surface area contributed by atoms with Crippen molar-refractivity contribution in [2.45, 2.75) is 19.4 Å². The lowest BCUT2D eigenvalue weighted by Crippen LogP contribution is -2.32. The van der Waals surface area contributed by atoms with E-state index in [1.165, 1.54) is 4.90 Å². The molecule has 0 aromatic heterocycles. The number of ether oxygens (including phenoxy) is 2. The highest BCUT2D eigenvalue weighted by molar-refractivity contribution is 6.46. The van der Waals surface area contributed by atoms with Crippen LogP contribution in [-0.4, -0.2) is 62.7 Å². The molecule has 1 N–H and O–H groups in total. The summed E-state index contributed by atoms with van der Waals surface area (Å²) >= 11 is 0. The molecule has 1 atom stereocenters. The molecule has 0 saturated carbocycles. The maximum atomic E-state index is 13.0. The first kappa shape index (κ1) is 23.3. The van der Waals surface area contributed by atoms with Gasteiger partial charge in [0.05, 0.1) is 24.8 Å². The van der Waals surface area contributed by atoms with Crippen LogP contribution in [0.5, 0.6) is 5.75 Å². The quantitative estimate of drug-likeness (QED) is 0.366. The topological polar surface area (TPSA) is 79.3 Å². The van der Waals surface area contributed by atoms with E-state index in [2.05, 4.69) is 0 Å². The smallest absolute Gasteiger partial charge is 0.295 e. The van der Waals surface area contributed by atoms with Crippen LogP contribution < -0.4 is 9.64 Å². The maximum Gasteiger partial charge on any atom is 0.295 e. The van der Waals surface area contributed by atoms with E-state index in [9.17, 15) is 14.7 Å². The van der Waals surface area contributed by atoms with Crippen molar-refractivity contribution in [3.8, 4) is 5.75 Å². The molecule has 1 unspecified atom stereocenters. The molecule has 32 heavy (non-hydrogen) atoms. The van der Waals surface area contributed by atoms with E-state index < -0.39 is 17.7 Å². The lowest BCUT2D eigenvalue weighted by Gasteiger charge is -2.25. The van der Waals surface area contributed by atoms with Gasteiger partial charge < -0.3 is 24.4 Å². The molecule has 1 saturated heterocycles. The summed E-state index contributed by atoms with van der Waals surface area (Å²) in [5.41, 5.74) is 2.23. The van der Waals surface area contributed by atoms with Gasteiger partial charge in [-0.05, 0) is 36.2 Å². The molecule has 1 aliphatic heterocycles. The number of methoxy groups -OCH3 is 1. The summed E-state index contributed by atoms with van der Waals surface area (Å²) < 4.78 is 10.8. The van der Waals surface area contributed by atoms with Crippen molar-refractivity contribution in [3.05, 3.63) is 65.2 Å². The second-order valence-corrected chi connectivity index (χ2v) is 7.85. The average Bonchev–Trinajstić information content (AvgIpc) is 3.05. The number of aliphatic hydroxyl groups excluding tert-OH is 1. The second-order valence-electron chi connectivity index (χ2n) is 7.85. The van der Waals surface area contributed by atoms with Crippen LogP contribution in [0.25, 0.3) is 5.76 Å². The van der Waals surface area contributed by atoms with Gasteiger partial charge in [-0.15, -0.1) is 0 Å². The second kappa shape index (κ2) is 10.3. The van der Waals surface area contributed by atoms with Gasteiger partial charge in [0.15, 0.2) is 0 Å². The minimum absolute atomic E-state index is 0.0661. The molecule has 1 amide bonds. The monoisotopic (exact) mass is 438 g/mol. The largest absolute Gasteiger partial charge is 0.507 e. The third kappa shape index (κ3) is 4.78. The number of rotatable bonds is 9. The zero-order valence-electron chi connectivity index (χ0n) is 19.0. The minimum Gasteiger partial charge on any atom is -0.507 e. The zero-order chi connectivity index (χ0) is 23.3. The summed E-state index contributed by atoms with van der Waals surface area (Å²) in [5, 5.41) is 11.2. The number of Topliss-reactive ketones (excluding diaryl/α,β-unsaturated/α-hetero) is 1. The molecule has 2 aromatic carbocycles. The van der Waals surface area contributed by atoms with E-state index in [1.54, 1.807) is 31.4 Å². The molecule has 7 nitrogen and oxygen atoms in total. The maximum absolute atomic E-state index is 13.0. The molecule has 0 bridgehead atoms. The number of likely N-dealkylation sites (tertiary alicyclic amines) is 1. The first-order valence-electron chi connectivity index (χ1n) is 10.7. The fraction of sp³-hybridized carbons (Fsp3) is 0.360. The van der Waals surface area contributed by atoms with Crippen molar-refractivity contribution in [3.63, 3.8) is 0 Å². The van der Waals surface area contributed by atoms with Crippen molar-refractivity contribution < 1.29 is 24.2 Å². The molecular formula is C25H30N2O5. The third-order valence-corrected chi connectivity index (χ3v) is 5.38. The number of hydrogen-bond donors (Lipinski definition) is 1. The van der Waals surface area contributed by atoms with Gasteiger partial charge in [0, 0.05) is 39.0 Å². The van der Waals surface area contributed by atoms with Gasteiger partial charge >= 0.3 is 0 Å². The zero-order valence-corrected chi connectivity index (χ0v) is 19.0. The van der Waals surface area contributed by atoms with Crippen LogP contribution in [0.4, 0.5) is 5.69 Å². The number of nitrogens with zero attached hydrogens (tertiary/aromatic N) is 2. The molecule has 170 valence electrons.